The highest BCUT2D eigenvalue weighted by Crippen LogP contribution is 2.19. The third-order valence-corrected chi connectivity index (χ3v) is 4.74. The lowest BCUT2D eigenvalue weighted by Gasteiger charge is -2.11. The minimum atomic E-state index is -0.446. The third-order valence-electron chi connectivity index (χ3n) is 4.74. The van der Waals surface area contributed by atoms with Gasteiger partial charge in [0.25, 0.3) is 11.6 Å². The molecule has 0 bridgehead atoms. The Kier molecular flexibility index (Phi) is 6.26. The lowest BCUT2D eigenvalue weighted by Crippen LogP contribution is -2.29. The molecule has 0 saturated heterocycles. The number of aromatic nitrogens is 2. The van der Waals surface area contributed by atoms with Gasteiger partial charge in [-0.05, 0) is 36.4 Å². The molecule has 0 atom stereocenters. The van der Waals surface area contributed by atoms with E-state index in [4.69, 9.17) is 4.74 Å². The average molecular weight is 431 g/mol. The summed E-state index contributed by atoms with van der Waals surface area (Å²) in [7, 11) is 0. The third kappa shape index (κ3) is 5.01. The minimum absolute atomic E-state index is 0.0316. The molecule has 2 aromatic carbocycles. The molecule has 2 heterocycles. The molecule has 4 rings (SSSR count). The van der Waals surface area contributed by atoms with Crippen LogP contribution < -0.4 is 15.4 Å². The maximum atomic E-state index is 12.6. The molecule has 0 aliphatic heterocycles. The van der Waals surface area contributed by atoms with E-state index in [0.717, 1.165) is 17.0 Å². The van der Waals surface area contributed by atoms with E-state index in [2.05, 4.69) is 15.6 Å². The summed E-state index contributed by atoms with van der Waals surface area (Å²) in [6.45, 7) is 1.08. The molecule has 162 valence electrons. The molecule has 0 radical (unpaired) electrons. The van der Waals surface area contributed by atoms with Gasteiger partial charge >= 0.3 is 0 Å². The Bertz CT molecular complexity index is 1200. The molecule has 0 spiro atoms. The van der Waals surface area contributed by atoms with E-state index in [-0.39, 0.29) is 18.2 Å². The molecule has 0 aliphatic rings. The number of rotatable bonds is 9. The van der Waals surface area contributed by atoms with Gasteiger partial charge in [0, 0.05) is 43.3 Å². The molecule has 0 unspecified atom stereocenters. The van der Waals surface area contributed by atoms with Gasteiger partial charge in [0.15, 0.2) is 0 Å². The number of carbonyl (C=O) groups is 1. The standard InChI is InChI=1S/C23H21N5O4/c29-23(25-13-12-24-17-8-10-19(11-9-17)28(30)31)20-5-1-2-6-21(20)32-16-18-15-27-14-4-3-7-22(27)26-18/h1-11,14-15,24H,12-13,16H2,(H,25,29). The van der Waals surface area contributed by atoms with Crippen LogP contribution in [0.4, 0.5) is 11.4 Å². The quantitative estimate of drug-likeness (QED) is 0.238. The lowest BCUT2D eigenvalue weighted by molar-refractivity contribution is -0.384. The van der Waals surface area contributed by atoms with Crippen LogP contribution in [0, 0.1) is 10.1 Å². The summed E-state index contributed by atoms with van der Waals surface area (Å²) in [5.41, 5.74) is 2.80. The Hall–Kier alpha value is -4.40. The van der Waals surface area contributed by atoms with E-state index in [1.54, 1.807) is 30.3 Å². The summed E-state index contributed by atoms with van der Waals surface area (Å²) in [6, 6.07) is 18.9. The number of nitro benzene ring substituents is 1. The summed E-state index contributed by atoms with van der Waals surface area (Å²) < 4.78 is 7.78. The van der Waals surface area contributed by atoms with Crippen LogP contribution in [0.5, 0.6) is 5.75 Å². The maximum Gasteiger partial charge on any atom is 0.269 e. The van der Waals surface area contributed by atoms with Crippen LogP contribution in [0.1, 0.15) is 16.1 Å². The first-order valence-corrected chi connectivity index (χ1v) is 10.0. The summed E-state index contributed by atoms with van der Waals surface area (Å²) >= 11 is 0. The molecule has 1 amide bonds. The monoisotopic (exact) mass is 431 g/mol. The fraction of sp³-hybridized carbons (Fsp3) is 0.130. The first-order valence-electron chi connectivity index (χ1n) is 10.0. The zero-order valence-electron chi connectivity index (χ0n) is 17.1. The first kappa shape index (κ1) is 20.9. The number of non-ortho nitro benzene ring substituents is 1. The summed E-state index contributed by atoms with van der Waals surface area (Å²) in [6.07, 6.45) is 3.81. The molecule has 0 aliphatic carbocycles. The fourth-order valence-corrected chi connectivity index (χ4v) is 3.17. The number of para-hydroxylation sites is 1. The largest absolute Gasteiger partial charge is 0.486 e. The Morgan fingerprint density at radius 1 is 1.03 bits per heavy atom. The van der Waals surface area contributed by atoms with Gasteiger partial charge in [0.1, 0.15) is 18.0 Å². The van der Waals surface area contributed by atoms with Gasteiger partial charge in [-0.15, -0.1) is 0 Å². The van der Waals surface area contributed by atoms with Crippen molar-refractivity contribution < 1.29 is 14.5 Å². The normalized spacial score (nSPS) is 10.6. The molecule has 9 heteroatoms. The Labute approximate surface area is 183 Å². The Morgan fingerprint density at radius 2 is 1.81 bits per heavy atom. The van der Waals surface area contributed by atoms with Gasteiger partial charge in [-0.3, -0.25) is 14.9 Å². The molecule has 32 heavy (non-hydrogen) atoms. The number of imidazole rings is 1. The second kappa shape index (κ2) is 9.61. The SMILES string of the molecule is O=C(NCCNc1ccc([N+](=O)[O-])cc1)c1ccccc1OCc1cn2ccccc2n1. The highest BCUT2D eigenvalue weighted by atomic mass is 16.6. The lowest BCUT2D eigenvalue weighted by atomic mass is 10.2. The van der Waals surface area contributed by atoms with Crippen molar-refractivity contribution in [2.75, 3.05) is 18.4 Å². The van der Waals surface area contributed by atoms with Crippen LogP contribution in [0.15, 0.2) is 79.1 Å². The number of hydrogen-bond acceptors (Lipinski definition) is 6. The van der Waals surface area contributed by atoms with E-state index < -0.39 is 4.92 Å². The van der Waals surface area contributed by atoms with Crippen molar-refractivity contribution in [1.29, 1.82) is 0 Å². The summed E-state index contributed by atoms with van der Waals surface area (Å²) in [5.74, 6) is 0.228. The zero-order chi connectivity index (χ0) is 22.3. The van der Waals surface area contributed by atoms with Crippen LogP contribution in [0.2, 0.25) is 0 Å². The number of ether oxygens (including phenoxy) is 1. The molecule has 2 aromatic heterocycles. The predicted octanol–water partition coefficient (Wildman–Crippen LogP) is 3.66. The molecule has 2 N–H and O–H groups in total. The van der Waals surface area contributed by atoms with Gasteiger partial charge in [-0.2, -0.15) is 0 Å². The highest BCUT2D eigenvalue weighted by molar-refractivity contribution is 5.96. The summed E-state index contributed by atoms with van der Waals surface area (Å²) in [5, 5.41) is 16.7. The van der Waals surface area contributed by atoms with Gasteiger partial charge in [-0.25, -0.2) is 4.98 Å². The zero-order valence-corrected chi connectivity index (χ0v) is 17.1. The minimum Gasteiger partial charge on any atom is -0.486 e. The first-order chi connectivity index (χ1) is 15.6. The Morgan fingerprint density at radius 3 is 2.59 bits per heavy atom. The van der Waals surface area contributed by atoms with E-state index in [1.807, 2.05) is 41.1 Å². The number of anilines is 1. The predicted molar refractivity (Wildman–Crippen MR) is 120 cm³/mol. The van der Waals surface area contributed by atoms with Crippen molar-refractivity contribution in [3.8, 4) is 5.75 Å². The smallest absolute Gasteiger partial charge is 0.269 e. The number of pyridine rings is 1. The van der Waals surface area contributed by atoms with Crippen molar-refractivity contribution in [1.82, 2.24) is 14.7 Å². The van der Waals surface area contributed by atoms with Crippen molar-refractivity contribution in [2.24, 2.45) is 0 Å². The highest BCUT2D eigenvalue weighted by Gasteiger charge is 2.12. The van der Waals surface area contributed by atoms with Crippen LogP contribution in [-0.2, 0) is 6.61 Å². The number of nitro groups is 1. The van der Waals surface area contributed by atoms with Gasteiger partial charge in [0.2, 0.25) is 0 Å². The number of nitrogens with zero attached hydrogens (tertiary/aromatic N) is 3. The van der Waals surface area contributed by atoms with E-state index in [0.29, 0.717) is 24.4 Å². The number of hydrogen-bond donors (Lipinski definition) is 2. The molecule has 0 saturated carbocycles. The van der Waals surface area contributed by atoms with Gasteiger partial charge in [-0.1, -0.05) is 18.2 Å². The van der Waals surface area contributed by atoms with Crippen molar-refractivity contribution in [3.63, 3.8) is 0 Å². The second-order valence-electron chi connectivity index (χ2n) is 6.97. The molecule has 4 aromatic rings. The van der Waals surface area contributed by atoms with Gasteiger partial charge in [0.05, 0.1) is 16.2 Å². The molecule has 0 fully saturated rings. The number of nitrogens with one attached hydrogen (secondary N) is 2. The van der Waals surface area contributed by atoms with Crippen molar-refractivity contribution in [3.05, 3.63) is 100 Å². The van der Waals surface area contributed by atoms with E-state index >= 15 is 0 Å². The fourth-order valence-electron chi connectivity index (χ4n) is 3.17. The number of carbonyl (C=O) groups excluding carboxylic acids is 1. The second-order valence-corrected chi connectivity index (χ2v) is 6.97. The van der Waals surface area contributed by atoms with Crippen LogP contribution in [-0.4, -0.2) is 33.3 Å². The topological polar surface area (TPSA) is 111 Å². The molecular weight excluding hydrogens is 410 g/mol. The average Bonchev–Trinajstić information content (AvgIpc) is 3.24. The van der Waals surface area contributed by atoms with Crippen LogP contribution >= 0.6 is 0 Å². The van der Waals surface area contributed by atoms with Crippen LogP contribution in [0.25, 0.3) is 5.65 Å². The van der Waals surface area contributed by atoms with Gasteiger partial charge < -0.3 is 19.8 Å². The number of benzene rings is 2. The van der Waals surface area contributed by atoms with Crippen molar-refractivity contribution in [2.45, 2.75) is 6.61 Å². The number of amides is 1. The van der Waals surface area contributed by atoms with Crippen LogP contribution in [0.3, 0.4) is 0 Å². The van der Waals surface area contributed by atoms with E-state index in [1.165, 1.54) is 12.1 Å². The Balaban J connectivity index is 1.30. The van der Waals surface area contributed by atoms with Crippen molar-refractivity contribution >= 4 is 22.9 Å². The number of fused-ring (bicyclic) bond motifs is 1. The molecule has 9 nitrogen and oxygen atoms in total. The maximum absolute atomic E-state index is 12.6. The molecular formula is C23H21N5O4. The van der Waals surface area contributed by atoms with E-state index in [9.17, 15) is 14.9 Å². The summed E-state index contributed by atoms with van der Waals surface area (Å²) in [4.78, 5) is 27.4.